The van der Waals surface area contributed by atoms with Crippen LogP contribution < -0.4 is 10.6 Å². The molecule has 2 amide bonds. The molecule has 1 heterocycles. The molecule has 1 aromatic carbocycles. The maximum absolute atomic E-state index is 12.0. The number of carbonyl (C=O) groups excluding carboxylic acids is 2. The molecule has 0 aliphatic carbocycles. The minimum atomic E-state index is -0.574. The highest BCUT2D eigenvalue weighted by molar-refractivity contribution is 5.87. The summed E-state index contributed by atoms with van der Waals surface area (Å²) in [4.78, 5) is 28.0. The molecule has 23 heavy (non-hydrogen) atoms. The molecular formula is C17H21N3O3. The summed E-state index contributed by atoms with van der Waals surface area (Å²) in [6.07, 6.45) is 2.39. The van der Waals surface area contributed by atoms with Crippen LogP contribution in [0.2, 0.25) is 0 Å². The molecule has 2 aromatic rings. The van der Waals surface area contributed by atoms with Crippen LogP contribution in [0.3, 0.4) is 0 Å². The number of hydrogen-bond donors (Lipinski definition) is 2. The Morgan fingerprint density at radius 3 is 2.70 bits per heavy atom. The Kier molecular flexibility index (Phi) is 5.91. The molecule has 0 fully saturated rings. The van der Waals surface area contributed by atoms with Crippen molar-refractivity contribution >= 4 is 11.8 Å². The number of benzene rings is 1. The maximum atomic E-state index is 12.0. The molecule has 2 N–H and O–H groups in total. The molecule has 0 spiro atoms. The molecule has 1 aromatic heterocycles. The Labute approximate surface area is 135 Å². The van der Waals surface area contributed by atoms with Crippen molar-refractivity contribution < 1.29 is 14.0 Å². The second kappa shape index (κ2) is 8.12. The van der Waals surface area contributed by atoms with E-state index in [-0.39, 0.29) is 18.2 Å². The number of nitrogens with one attached hydrogen (secondary N) is 2. The van der Waals surface area contributed by atoms with Crippen LogP contribution in [0.4, 0.5) is 0 Å². The Balaban J connectivity index is 1.88. The third-order valence-electron chi connectivity index (χ3n) is 3.23. The van der Waals surface area contributed by atoms with Gasteiger partial charge in [-0.1, -0.05) is 25.1 Å². The molecule has 0 bridgehead atoms. The van der Waals surface area contributed by atoms with Gasteiger partial charge in [0, 0.05) is 12.1 Å². The van der Waals surface area contributed by atoms with E-state index in [9.17, 15) is 9.59 Å². The minimum Gasteiger partial charge on any atom is -0.444 e. The predicted octanol–water partition coefficient (Wildman–Crippen LogP) is 1.91. The van der Waals surface area contributed by atoms with E-state index in [0.717, 1.165) is 12.0 Å². The highest BCUT2D eigenvalue weighted by Gasteiger charge is 2.16. The smallest absolute Gasteiger partial charge is 0.242 e. The van der Waals surface area contributed by atoms with Gasteiger partial charge in [0.25, 0.3) is 0 Å². The number of aromatic nitrogens is 1. The number of amides is 2. The lowest BCUT2D eigenvalue weighted by Crippen LogP contribution is -2.45. The van der Waals surface area contributed by atoms with Gasteiger partial charge in [-0.3, -0.25) is 9.59 Å². The Morgan fingerprint density at radius 1 is 1.26 bits per heavy atom. The Morgan fingerprint density at radius 2 is 2.00 bits per heavy atom. The van der Waals surface area contributed by atoms with Gasteiger partial charge in [-0.2, -0.15) is 0 Å². The molecule has 6 heteroatoms. The topological polar surface area (TPSA) is 84.2 Å². The van der Waals surface area contributed by atoms with Crippen LogP contribution in [-0.4, -0.2) is 29.4 Å². The van der Waals surface area contributed by atoms with Crippen LogP contribution in [0.1, 0.15) is 26.0 Å². The summed E-state index contributed by atoms with van der Waals surface area (Å²) in [6, 6.07) is 8.89. The van der Waals surface area contributed by atoms with Gasteiger partial charge in [0.15, 0.2) is 0 Å². The molecule has 0 saturated carbocycles. The molecule has 0 radical (unpaired) electrons. The first-order valence-electron chi connectivity index (χ1n) is 7.67. The van der Waals surface area contributed by atoms with E-state index in [0.29, 0.717) is 18.1 Å². The average Bonchev–Trinajstić information content (AvgIpc) is 3.01. The summed E-state index contributed by atoms with van der Waals surface area (Å²) < 4.78 is 5.39. The highest BCUT2D eigenvalue weighted by atomic mass is 16.3. The van der Waals surface area contributed by atoms with Crippen LogP contribution in [-0.2, 0) is 16.0 Å². The SMILES string of the molecule is CCCNC(=O)C(C)NC(=O)Cc1coc(-c2ccccc2)n1. The zero-order valence-electron chi connectivity index (χ0n) is 13.3. The van der Waals surface area contributed by atoms with Crippen molar-refractivity contribution in [3.63, 3.8) is 0 Å². The zero-order chi connectivity index (χ0) is 16.7. The van der Waals surface area contributed by atoms with Crippen molar-refractivity contribution in [3.05, 3.63) is 42.3 Å². The van der Waals surface area contributed by atoms with E-state index < -0.39 is 6.04 Å². The minimum absolute atomic E-state index is 0.0712. The predicted molar refractivity (Wildman–Crippen MR) is 86.5 cm³/mol. The molecule has 2 rings (SSSR count). The van der Waals surface area contributed by atoms with Gasteiger partial charge >= 0.3 is 0 Å². The second-order valence-electron chi connectivity index (χ2n) is 5.27. The fraction of sp³-hybridized carbons (Fsp3) is 0.353. The third-order valence-corrected chi connectivity index (χ3v) is 3.23. The fourth-order valence-electron chi connectivity index (χ4n) is 2.03. The first-order chi connectivity index (χ1) is 11.1. The van der Waals surface area contributed by atoms with E-state index in [2.05, 4.69) is 15.6 Å². The molecule has 0 saturated heterocycles. The highest BCUT2D eigenvalue weighted by Crippen LogP contribution is 2.17. The molecule has 1 atom stereocenters. The van der Waals surface area contributed by atoms with Gasteiger partial charge < -0.3 is 15.1 Å². The number of carbonyl (C=O) groups is 2. The van der Waals surface area contributed by atoms with Crippen LogP contribution in [0, 0.1) is 0 Å². The van der Waals surface area contributed by atoms with Gasteiger partial charge in [-0.05, 0) is 25.5 Å². The van der Waals surface area contributed by atoms with Crippen molar-refractivity contribution in [1.82, 2.24) is 15.6 Å². The third kappa shape index (κ3) is 4.95. The first-order valence-corrected chi connectivity index (χ1v) is 7.67. The quantitative estimate of drug-likeness (QED) is 0.817. The van der Waals surface area contributed by atoms with E-state index >= 15 is 0 Å². The number of oxazole rings is 1. The van der Waals surface area contributed by atoms with Crippen molar-refractivity contribution in [3.8, 4) is 11.5 Å². The maximum Gasteiger partial charge on any atom is 0.242 e. The van der Waals surface area contributed by atoms with E-state index in [1.165, 1.54) is 6.26 Å². The lowest BCUT2D eigenvalue weighted by Gasteiger charge is -2.13. The van der Waals surface area contributed by atoms with Crippen LogP contribution in [0.15, 0.2) is 41.0 Å². The summed E-state index contributed by atoms with van der Waals surface area (Å²) in [5.74, 6) is 0.0181. The van der Waals surface area contributed by atoms with Gasteiger partial charge in [0.2, 0.25) is 17.7 Å². The monoisotopic (exact) mass is 315 g/mol. The van der Waals surface area contributed by atoms with Crippen LogP contribution in [0.5, 0.6) is 0 Å². The van der Waals surface area contributed by atoms with Crippen molar-refractivity contribution in [1.29, 1.82) is 0 Å². The van der Waals surface area contributed by atoms with Crippen molar-refractivity contribution in [2.75, 3.05) is 6.54 Å². The Bertz CT molecular complexity index is 652. The zero-order valence-corrected chi connectivity index (χ0v) is 13.3. The standard InChI is InChI=1S/C17H21N3O3/c1-3-9-18-16(22)12(2)19-15(21)10-14-11-23-17(20-14)13-7-5-4-6-8-13/h4-8,11-12H,3,9-10H2,1-2H3,(H,18,22)(H,19,21). The molecular weight excluding hydrogens is 294 g/mol. The van der Waals surface area contributed by atoms with Gasteiger partial charge in [0.05, 0.1) is 12.1 Å². The van der Waals surface area contributed by atoms with Crippen LogP contribution >= 0.6 is 0 Å². The van der Waals surface area contributed by atoms with E-state index in [1.807, 2.05) is 37.3 Å². The normalized spacial score (nSPS) is 11.7. The van der Waals surface area contributed by atoms with Gasteiger partial charge in [0.1, 0.15) is 12.3 Å². The fourth-order valence-corrected chi connectivity index (χ4v) is 2.03. The average molecular weight is 315 g/mol. The molecule has 0 aliphatic heterocycles. The lowest BCUT2D eigenvalue weighted by atomic mass is 10.2. The van der Waals surface area contributed by atoms with Gasteiger partial charge in [-0.15, -0.1) is 0 Å². The number of rotatable bonds is 7. The number of hydrogen-bond acceptors (Lipinski definition) is 4. The van der Waals surface area contributed by atoms with E-state index in [4.69, 9.17) is 4.42 Å². The lowest BCUT2D eigenvalue weighted by molar-refractivity contribution is -0.128. The summed E-state index contributed by atoms with van der Waals surface area (Å²) in [5.41, 5.74) is 1.38. The summed E-state index contributed by atoms with van der Waals surface area (Å²) in [5, 5.41) is 5.39. The molecule has 0 aliphatic rings. The second-order valence-corrected chi connectivity index (χ2v) is 5.27. The van der Waals surface area contributed by atoms with E-state index in [1.54, 1.807) is 6.92 Å². The summed E-state index contributed by atoms with van der Waals surface area (Å²) in [6.45, 7) is 4.22. The Hall–Kier alpha value is -2.63. The summed E-state index contributed by atoms with van der Waals surface area (Å²) >= 11 is 0. The van der Waals surface area contributed by atoms with Crippen LogP contribution in [0.25, 0.3) is 11.5 Å². The largest absolute Gasteiger partial charge is 0.444 e. The number of nitrogens with zero attached hydrogens (tertiary/aromatic N) is 1. The summed E-state index contributed by atoms with van der Waals surface area (Å²) in [7, 11) is 0. The first kappa shape index (κ1) is 16.7. The molecule has 1 unspecified atom stereocenters. The van der Waals surface area contributed by atoms with Gasteiger partial charge in [-0.25, -0.2) is 4.98 Å². The molecule has 6 nitrogen and oxygen atoms in total. The van der Waals surface area contributed by atoms with Crippen molar-refractivity contribution in [2.45, 2.75) is 32.7 Å². The van der Waals surface area contributed by atoms with Crippen molar-refractivity contribution in [2.24, 2.45) is 0 Å². The molecule has 122 valence electrons.